The molecule has 8 nitrogen and oxygen atoms in total. The van der Waals surface area contributed by atoms with Crippen molar-refractivity contribution >= 4 is 29.2 Å². The molecule has 2 aromatic heterocycles. The molecule has 0 spiro atoms. The third-order valence-electron chi connectivity index (χ3n) is 7.61. The molecule has 3 aliphatic heterocycles. The first-order valence-corrected chi connectivity index (χ1v) is 12.4. The maximum atomic E-state index is 14.0. The molecule has 6 rings (SSSR count). The average Bonchev–Trinajstić information content (AvgIpc) is 3.50. The van der Waals surface area contributed by atoms with Crippen LogP contribution in [0.2, 0.25) is 0 Å². The molecule has 3 saturated heterocycles. The number of fused-ring (bicyclic) bond motifs is 3. The van der Waals surface area contributed by atoms with Crippen LogP contribution in [0.25, 0.3) is 0 Å². The largest absolute Gasteiger partial charge is 0.454 e. The van der Waals surface area contributed by atoms with E-state index in [1.54, 1.807) is 29.6 Å². The third kappa shape index (κ3) is 4.09. The fourth-order valence-electron chi connectivity index (χ4n) is 5.64. The molecule has 0 aromatic carbocycles. The van der Waals surface area contributed by atoms with Gasteiger partial charge in [0, 0.05) is 48.6 Å². The van der Waals surface area contributed by atoms with Gasteiger partial charge in [0.2, 0.25) is 5.92 Å². The zero-order chi connectivity index (χ0) is 24.0. The summed E-state index contributed by atoms with van der Waals surface area (Å²) in [6.45, 7) is 1.48. The van der Waals surface area contributed by atoms with Crippen molar-refractivity contribution in [1.29, 1.82) is 0 Å². The zero-order valence-corrected chi connectivity index (χ0v) is 19.3. The summed E-state index contributed by atoms with van der Waals surface area (Å²) in [6.07, 6.45) is 1.40. The van der Waals surface area contributed by atoms with Crippen molar-refractivity contribution in [2.24, 2.45) is 11.8 Å². The number of thiophene rings is 1. The smallest absolute Gasteiger partial charge is 0.422 e. The third-order valence-corrected chi connectivity index (χ3v) is 8.60. The van der Waals surface area contributed by atoms with Gasteiger partial charge >= 0.3 is 12.0 Å². The first-order valence-electron chi connectivity index (χ1n) is 11.5. The summed E-state index contributed by atoms with van der Waals surface area (Å²) in [4.78, 5) is 26.9. The van der Waals surface area contributed by atoms with Gasteiger partial charge in [-0.3, -0.25) is 5.32 Å². The summed E-state index contributed by atoms with van der Waals surface area (Å²) < 4.78 is 34.0. The summed E-state index contributed by atoms with van der Waals surface area (Å²) >= 11 is 1.15. The highest BCUT2D eigenvalue weighted by atomic mass is 32.1. The highest BCUT2D eigenvalue weighted by Crippen LogP contribution is 2.49. The topological polar surface area (TPSA) is 101 Å². The van der Waals surface area contributed by atoms with Crippen LogP contribution in [0.5, 0.6) is 0 Å². The van der Waals surface area contributed by atoms with Crippen LogP contribution in [0.15, 0.2) is 35.8 Å². The lowest BCUT2D eigenvalue weighted by atomic mass is 9.82. The second kappa shape index (κ2) is 8.62. The Morgan fingerprint density at radius 1 is 1.24 bits per heavy atom. The summed E-state index contributed by atoms with van der Waals surface area (Å²) in [5.74, 6) is -4.34. The Balaban J connectivity index is 1.35. The number of anilines is 1. The van der Waals surface area contributed by atoms with Crippen LogP contribution in [-0.4, -0.2) is 63.4 Å². The molecule has 2 amide bonds. The van der Waals surface area contributed by atoms with Gasteiger partial charge in [-0.15, -0.1) is 16.4 Å². The molecule has 1 aliphatic carbocycles. The van der Waals surface area contributed by atoms with Crippen LogP contribution >= 0.6 is 11.3 Å². The van der Waals surface area contributed by atoms with Crippen LogP contribution in [0.1, 0.15) is 37.0 Å². The quantitative estimate of drug-likeness (QED) is 0.488. The number of piperidine rings is 3. The number of carbonyl (C=O) groups is 2. The van der Waals surface area contributed by atoms with Crippen molar-refractivity contribution in [3.63, 3.8) is 0 Å². The molecule has 3 atom stereocenters. The number of quaternary nitrogens is 1. The van der Waals surface area contributed by atoms with E-state index in [2.05, 4.69) is 15.5 Å². The second-order valence-corrected chi connectivity index (χ2v) is 10.6. The molecular weight excluding hydrogens is 466 g/mol. The number of carbonyl (C=O) groups excluding carboxylic acids is 2. The molecular formula is C23H27F2N4O4S+. The Labute approximate surface area is 199 Å². The number of amides is 2. The van der Waals surface area contributed by atoms with E-state index < -0.39 is 35.9 Å². The number of aromatic nitrogens is 2. The second-order valence-electron chi connectivity index (χ2n) is 9.63. The number of aliphatic hydroxyl groups is 1. The highest BCUT2D eigenvalue weighted by Gasteiger charge is 2.58. The number of rotatable bonds is 5. The number of nitrogens with zero attached hydrogens (tertiary/aromatic N) is 3. The zero-order valence-electron chi connectivity index (χ0n) is 18.5. The van der Waals surface area contributed by atoms with Crippen LogP contribution in [0.3, 0.4) is 0 Å². The molecule has 4 aliphatic rings. The minimum atomic E-state index is -2.92. The van der Waals surface area contributed by atoms with Gasteiger partial charge in [0.1, 0.15) is 6.54 Å². The Morgan fingerprint density at radius 2 is 2.03 bits per heavy atom. The number of halogens is 2. The van der Waals surface area contributed by atoms with Crippen molar-refractivity contribution in [2.75, 3.05) is 25.0 Å². The van der Waals surface area contributed by atoms with Crippen LogP contribution in [0.4, 0.5) is 19.4 Å². The van der Waals surface area contributed by atoms with E-state index >= 15 is 0 Å². The molecule has 11 heteroatoms. The van der Waals surface area contributed by atoms with E-state index in [1.165, 1.54) is 6.20 Å². The van der Waals surface area contributed by atoms with Crippen LogP contribution in [0, 0.1) is 11.8 Å². The number of nitrogens with one attached hydrogen (secondary N) is 1. The summed E-state index contributed by atoms with van der Waals surface area (Å²) in [7, 11) is 0. The average molecular weight is 494 g/mol. The van der Waals surface area contributed by atoms with Gasteiger partial charge in [-0.05, 0) is 30.0 Å². The van der Waals surface area contributed by atoms with Gasteiger partial charge in [0.15, 0.2) is 17.5 Å². The fourth-order valence-corrected chi connectivity index (χ4v) is 6.53. The number of hydrogen-bond donors (Lipinski definition) is 2. The molecule has 4 fully saturated rings. The number of hydrogen-bond acceptors (Lipinski definition) is 7. The van der Waals surface area contributed by atoms with Crippen molar-refractivity contribution < 1.29 is 32.7 Å². The maximum absolute atomic E-state index is 14.0. The molecule has 34 heavy (non-hydrogen) atoms. The van der Waals surface area contributed by atoms with E-state index in [0.29, 0.717) is 36.6 Å². The van der Waals surface area contributed by atoms with E-state index in [-0.39, 0.29) is 35.8 Å². The summed E-state index contributed by atoms with van der Waals surface area (Å²) in [5, 5.41) is 23.7. The van der Waals surface area contributed by atoms with Gasteiger partial charge in [-0.1, -0.05) is 6.07 Å². The normalized spacial score (nSPS) is 31.6. The highest BCUT2D eigenvalue weighted by molar-refractivity contribution is 7.10. The first kappa shape index (κ1) is 23.3. The van der Waals surface area contributed by atoms with Crippen molar-refractivity contribution in [1.82, 2.24) is 10.2 Å². The molecule has 0 radical (unpaired) electrons. The number of ether oxygens (including phenoxy) is 1. The lowest BCUT2D eigenvalue weighted by Gasteiger charge is -2.49. The molecule has 2 unspecified atom stereocenters. The van der Waals surface area contributed by atoms with E-state index in [0.717, 1.165) is 11.3 Å². The van der Waals surface area contributed by atoms with Gasteiger partial charge < -0.3 is 9.84 Å². The predicted molar refractivity (Wildman–Crippen MR) is 119 cm³/mol. The molecule has 1 saturated carbocycles. The van der Waals surface area contributed by atoms with Crippen LogP contribution < -0.4 is 5.32 Å². The minimum absolute atomic E-state index is 0.0328. The van der Waals surface area contributed by atoms with E-state index in [9.17, 15) is 23.5 Å². The fraction of sp³-hybridized carbons (Fsp3) is 0.565. The van der Waals surface area contributed by atoms with Crippen molar-refractivity contribution in [3.05, 3.63) is 40.7 Å². The Bertz CT molecular complexity index is 1050. The number of urea groups is 1. The van der Waals surface area contributed by atoms with Gasteiger partial charge in [-0.2, -0.15) is 5.10 Å². The van der Waals surface area contributed by atoms with E-state index in [1.807, 2.05) is 0 Å². The van der Waals surface area contributed by atoms with E-state index in [4.69, 9.17) is 4.74 Å². The Kier molecular flexibility index (Phi) is 5.89. The molecule has 2 aromatic rings. The van der Waals surface area contributed by atoms with Crippen LogP contribution in [-0.2, 0) is 15.1 Å². The van der Waals surface area contributed by atoms with Gasteiger partial charge in [-0.25, -0.2) is 22.9 Å². The lowest BCUT2D eigenvalue weighted by Crippen LogP contribution is -2.68. The van der Waals surface area contributed by atoms with Gasteiger partial charge in [0.05, 0.1) is 13.1 Å². The standard InChI is InChI=1S/C23H26F2N4O4S/c24-22(25)8-5-16(13-22)23(32,18-3-2-12-34-18)20(30)33-17-14-29(10-6-15(17)7-11-29)21(31)27-19-4-1-9-26-28-19/h1-4,9,12,15-17,32H,5-8,10-11,13-14H2/p+1/t15?,16?,17-,23?,29?/m0/s1. The number of alkyl halides is 2. The maximum Gasteiger partial charge on any atom is 0.422 e. The lowest BCUT2D eigenvalue weighted by molar-refractivity contribution is -0.869. The molecule has 2 N–H and O–H groups in total. The Hall–Kier alpha value is -2.50. The van der Waals surface area contributed by atoms with Gasteiger partial charge in [0.25, 0.3) is 0 Å². The first-order chi connectivity index (χ1) is 16.2. The Morgan fingerprint density at radius 3 is 2.65 bits per heavy atom. The molecule has 2 bridgehead atoms. The van der Waals surface area contributed by atoms with Crippen molar-refractivity contribution in [3.8, 4) is 0 Å². The molecule has 5 heterocycles. The van der Waals surface area contributed by atoms with Crippen molar-refractivity contribution in [2.45, 2.75) is 49.7 Å². The predicted octanol–water partition coefficient (Wildman–Crippen LogP) is 3.55. The monoisotopic (exact) mass is 493 g/mol. The number of esters is 1. The summed E-state index contributed by atoms with van der Waals surface area (Å²) in [6, 6.07) is 6.34. The SMILES string of the molecule is O=C(O[C@H]1C[N+]2(C(=O)Nc3cccnn3)CCC1CC2)C(O)(c1cccs1)C1CCC(F)(F)C1. The summed E-state index contributed by atoms with van der Waals surface area (Å²) in [5.41, 5.74) is -2.13. The minimum Gasteiger partial charge on any atom is -0.454 e. The molecule has 182 valence electrons.